The Bertz CT molecular complexity index is 963. The summed E-state index contributed by atoms with van der Waals surface area (Å²) >= 11 is 1.55. The fraction of sp³-hybridized carbons (Fsp3) is 0.105. The van der Waals surface area contributed by atoms with Crippen LogP contribution in [0.1, 0.15) is 4.88 Å². The van der Waals surface area contributed by atoms with Crippen molar-refractivity contribution in [2.75, 3.05) is 6.54 Å². The van der Waals surface area contributed by atoms with Crippen LogP contribution >= 0.6 is 11.3 Å². The standard InChI is InChI=1S/C19H16FN3O2S/c20-15-5-3-14(4-6-15)17-12-19(25)23(13-22-17)10-9-21-18(24)8-7-16-2-1-11-26-16/h1-8,11-13H,9-10H2,(H,21,24)/b8-7+. The van der Waals surface area contributed by atoms with Gasteiger partial charge in [0.2, 0.25) is 5.91 Å². The average Bonchev–Trinajstić information content (AvgIpc) is 3.15. The van der Waals surface area contributed by atoms with Crippen LogP contribution in [0.3, 0.4) is 0 Å². The van der Waals surface area contributed by atoms with Crippen molar-refractivity contribution < 1.29 is 9.18 Å². The minimum absolute atomic E-state index is 0.220. The number of nitrogens with zero attached hydrogens (tertiary/aromatic N) is 2. The monoisotopic (exact) mass is 369 g/mol. The van der Waals surface area contributed by atoms with Gasteiger partial charge in [-0.05, 0) is 41.8 Å². The minimum atomic E-state index is -0.342. The molecular weight excluding hydrogens is 353 g/mol. The number of aromatic nitrogens is 2. The van der Waals surface area contributed by atoms with E-state index in [-0.39, 0.29) is 17.3 Å². The van der Waals surface area contributed by atoms with E-state index in [0.29, 0.717) is 24.3 Å². The number of hydrogen-bond acceptors (Lipinski definition) is 4. The van der Waals surface area contributed by atoms with Crippen LogP contribution in [0.2, 0.25) is 0 Å². The van der Waals surface area contributed by atoms with Gasteiger partial charge in [-0.1, -0.05) is 6.07 Å². The number of thiophene rings is 1. The molecular formula is C19H16FN3O2S. The fourth-order valence-electron chi connectivity index (χ4n) is 2.27. The molecule has 26 heavy (non-hydrogen) atoms. The van der Waals surface area contributed by atoms with Crippen molar-refractivity contribution in [1.82, 2.24) is 14.9 Å². The molecule has 0 bridgehead atoms. The van der Waals surface area contributed by atoms with Crippen molar-refractivity contribution in [2.24, 2.45) is 0 Å². The maximum Gasteiger partial charge on any atom is 0.253 e. The topological polar surface area (TPSA) is 64.0 Å². The summed E-state index contributed by atoms with van der Waals surface area (Å²) in [4.78, 5) is 29.1. The number of nitrogens with one attached hydrogen (secondary N) is 1. The molecule has 5 nitrogen and oxygen atoms in total. The van der Waals surface area contributed by atoms with Gasteiger partial charge in [0.15, 0.2) is 0 Å². The Kier molecular flexibility index (Phi) is 5.70. The zero-order valence-electron chi connectivity index (χ0n) is 13.8. The highest BCUT2D eigenvalue weighted by molar-refractivity contribution is 7.10. The van der Waals surface area contributed by atoms with Crippen LogP contribution in [-0.2, 0) is 11.3 Å². The number of rotatable bonds is 6. The predicted octanol–water partition coefficient (Wildman–Crippen LogP) is 2.94. The molecule has 0 aliphatic heterocycles. The number of hydrogen-bond donors (Lipinski definition) is 1. The highest BCUT2D eigenvalue weighted by Gasteiger charge is 2.04. The first-order valence-corrected chi connectivity index (χ1v) is 8.81. The van der Waals surface area contributed by atoms with E-state index in [0.717, 1.165) is 4.88 Å². The van der Waals surface area contributed by atoms with E-state index in [1.54, 1.807) is 29.5 Å². The first-order valence-electron chi connectivity index (χ1n) is 7.94. The minimum Gasteiger partial charge on any atom is -0.351 e. The lowest BCUT2D eigenvalue weighted by Gasteiger charge is -2.07. The van der Waals surface area contributed by atoms with Crippen molar-refractivity contribution in [2.45, 2.75) is 6.54 Å². The molecule has 0 spiro atoms. The fourth-order valence-corrected chi connectivity index (χ4v) is 2.89. The van der Waals surface area contributed by atoms with E-state index in [4.69, 9.17) is 0 Å². The molecule has 0 radical (unpaired) electrons. The second-order valence-corrected chi connectivity index (χ2v) is 6.43. The van der Waals surface area contributed by atoms with E-state index in [1.807, 2.05) is 17.5 Å². The van der Waals surface area contributed by atoms with Crippen molar-refractivity contribution in [3.63, 3.8) is 0 Å². The van der Waals surface area contributed by atoms with E-state index in [9.17, 15) is 14.0 Å². The molecule has 3 rings (SSSR count). The SMILES string of the molecule is O=C(/C=C/c1cccs1)NCCn1cnc(-c2ccc(F)cc2)cc1=O. The zero-order chi connectivity index (χ0) is 18.4. The lowest BCUT2D eigenvalue weighted by molar-refractivity contribution is -0.116. The zero-order valence-corrected chi connectivity index (χ0v) is 14.6. The van der Waals surface area contributed by atoms with E-state index < -0.39 is 0 Å². The summed E-state index contributed by atoms with van der Waals surface area (Å²) in [5.41, 5.74) is 0.916. The van der Waals surface area contributed by atoms with Crippen molar-refractivity contribution >= 4 is 23.3 Å². The van der Waals surface area contributed by atoms with E-state index in [1.165, 1.54) is 35.2 Å². The second-order valence-electron chi connectivity index (χ2n) is 5.45. The van der Waals surface area contributed by atoms with Crippen molar-refractivity contribution in [3.05, 3.63) is 81.3 Å². The summed E-state index contributed by atoms with van der Waals surface area (Å²) in [7, 11) is 0. The number of halogens is 1. The van der Waals surface area contributed by atoms with Crippen LogP contribution in [0.4, 0.5) is 4.39 Å². The highest BCUT2D eigenvalue weighted by atomic mass is 32.1. The second kappa shape index (κ2) is 8.35. The summed E-state index contributed by atoms with van der Waals surface area (Å²) in [5, 5.41) is 4.66. The van der Waals surface area contributed by atoms with Crippen LogP contribution in [0.5, 0.6) is 0 Å². The molecule has 2 heterocycles. The molecule has 0 aliphatic carbocycles. The average molecular weight is 369 g/mol. The van der Waals surface area contributed by atoms with Crippen LogP contribution in [0.15, 0.2) is 65.0 Å². The summed E-state index contributed by atoms with van der Waals surface area (Å²) in [6, 6.07) is 11.0. The Labute approximate surface area is 153 Å². The number of benzene rings is 1. The third-order valence-electron chi connectivity index (χ3n) is 3.61. The van der Waals surface area contributed by atoms with Crippen LogP contribution in [0.25, 0.3) is 17.3 Å². The third kappa shape index (κ3) is 4.73. The Morgan fingerprint density at radius 1 is 1.27 bits per heavy atom. The molecule has 1 N–H and O–H groups in total. The van der Waals surface area contributed by atoms with Crippen LogP contribution in [0, 0.1) is 5.82 Å². The third-order valence-corrected chi connectivity index (χ3v) is 4.45. The van der Waals surface area contributed by atoms with Gasteiger partial charge in [-0.25, -0.2) is 9.37 Å². The predicted molar refractivity (Wildman–Crippen MR) is 100 cm³/mol. The smallest absolute Gasteiger partial charge is 0.253 e. The molecule has 1 amide bonds. The van der Waals surface area contributed by atoms with Crippen molar-refractivity contribution in [1.29, 1.82) is 0 Å². The molecule has 3 aromatic rings. The molecule has 132 valence electrons. The molecule has 1 aromatic carbocycles. The lowest BCUT2D eigenvalue weighted by Crippen LogP contribution is -2.29. The normalized spacial score (nSPS) is 11.0. The van der Waals surface area contributed by atoms with Gasteiger partial charge in [-0.3, -0.25) is 14.2 Å². The van der Waals surface area contributed by atoms with Gasteiger partial charge < -0.3 is 5.32 Å². The van der Waals surface area contributed by atoms with Crippen LogP contribution < -0.4 is 10.9 Å². The molecule has 0 saturated carbocycles. The summed E-state index contributed by atoms with van der Waals surface area (Å²) in [5.74, 6) is -0.562. The maximum absolute atomic E-state index is 13.0. The number of carbonyl (C=O) groups excluding carboxylic acids is 1. The first-order chi connectivity index (χ1) is 12.6. The van der Waals surface area contributed by atoms with Crippen molar-refractivity contribution in [3.8, 4) is 11.3 Å². The van der Waals surface area contributed by atoms with Gasteiger partial charge in [0.1, 0.15) is 5.82 Å². The molecule has 7 heteroatoms. The molecule has 0 unspecified atom stereocenters. The van der Waals surface area contributed by atoms with Crippen LogP contribution in [-0.4, -0.2) is 22.0 Å². The molecule has 0 fully saturated rings. The summed E-state index contributed by atoms with van der Waals surface area (Å²) in [6.07, 6.45) is 4.63. The summed E-state index contributed by atoms with van der Waals surface area (Å²) in [6.45, 7) is 0.624. The number of amides is 1. The van der Waals surface area contributed by atoms with Gasteiger partial charge in [-0.2, -0.15) is 0 Å². The Morgan fingerprint density at radius 2 is 2.08 bits per heavy atom. The van der Waals surface area contributed by atoms with E-state index >= 15 is 0 Å². The Hall–Kier alpha value is -3.06. The highest BCUT2D eigenvalue weighted by Crippen LogP contribution is 2.15. The number of carbonyl (C=O) groups is 1. The largest absolute Gasteiger partial charge is 0.351 e. The quantitative estimate of drug-likeness (QED) is 0.680. The molecule has 0 atom stereocenters. The van der Waals surface area contributed by atoms with Gasteiger partial charge in [-0.15, -0.1) is 11.3 Å². The molecule has 0 aliphatic rings. The van der Waals surface area contributed by atoms with Gasteiger partial charge >= 0.3 is 0 Å². The van der Waals surface area contributed by atoms with Gasteiger partial charge in [0.25, 0.3) is 5.56 Å². The summed E-state index contributed by atoms with van der Waals surface area (Å²) < 4.78 is 14.4. The molecule has 2 aromatic heterocycles. The Morgan fingerprint density at radius 3 is 2.77 bits per heavy atom. The molecule has 0 saturated heterocycles. The van der Waals surface area contributed by atoms with Gasteiger partial charge in [0, 0.05) is 35.7 Å². The van der Waals surface area contributed by atoms with E-state index in [2.05, 4.69) is 10.3 Å². The van der Waals surface area contributed by atoms with Gasteiger partial charge in [0.05, 0.1) is 12.0 Å². The maximum atomic E-state index is 13.0. The first kappa shape index (κ1) is 17.8. The Balaban J connectivity index is 1.56. The lowest BCUT2D eigenvalue weighted by atomic mass is 10.1.